The van der Waals surface area contributed by atoms with E-state index in [0.717, 1.165) is 12.8 Å². The van der Waals surface area contributed by atoms with Crippen LogP contribution in [0.25, 0.3) is 0 Å². The number of hydrogen-bond acceptors (Lipinski definition) is 3. The number of halogens is 2. The largest absolute Gasteiger partial charge is 0.364 e. The molecule has 0 radical (unpaired) electrons. The molecule has 0 bridgehead atoms. The minimum absolute atomic E-state index is 0.0182. The van der Waals surface area contributed by atoms with Crippen LogP contribution in [0.4, 0.5) is 5.82 Å². The Morgan fingerprint density at radius 2 is 1.78 bits per heavy atom. The molecule has 1 aromatic heterocycles. The van der Waals surface area contributed by atoms with Crippen LogP contribution in [-0.4, -0.2) is 18.9 Å². The van der Waals surface area contributed by atoms with Crippen LogP contribution in [0.1, 0.15) is 29.4 Å². The van der Waals surface area contributed by atoms with Gasteiger partial charge in [0.25, 0.3) is 15.9 Å². The van der Waals surface area contributed by atoms with E-state index in [1.54, 1.807) is 10.6 Å². The number of carbonyl (C=O) groups is 1. The quantitative estimate of drug-likeness (QED) is 0.842. The Balaban J connectivity index is 2.04. The summed E-state index contributed by atoms with van der Waals surface area (Å²) in [6.07, 6.45) is 1.72. The van der Waals surface area contributed by atoms with Gasteiger partial charge in [-0.05, 0) is 37.1 Å². The molecule has 0 saturated heterocycles. The first-order valence-corrected chi connectivity index (χ1v) is 9.03. The lowest BCUT2D eigenvalue weighted by Crippen LogP contribution is -2.20. The van der Waals surface area contributed by atoms with Crippen LogP contribution in [0.3, 0.4) is 0 Å². The van der Waals surface area contributed by atoms with Crippen LogP contribution in [0.5, 0.6) is 0 Å². The number of benzene rings is 1. The van der Waals surface area contributed by atoms with E-state index in [0.29, 0.717) is 0 Å². The third-order valence-electron chi connectivity index (χ3n) is 3.51. The molecule has 0 atom stereocenters. The summed E-state index contributed by atoms with van der Waals surface area (Å²) >= 11 is 11.9. The summed E-state index contributed by atoms with van der Waals surface area (Å²) in [5.74, 6) is -0.351. The number of nitrogens with two attached hydrogens (primary N) is 1. The zero-order valence-corrected chi connectivity index (χ0v) is 14.1. The SMILES string of the molecule is NC(=O)c1ccc(NS(=O)(=O)c2c(Cl)cccc2Cl)n1C1CC1. The molecule has 6 nitrogen and oxygen atoms in total. The predicted molar refractivity (Wildman–Crippen MR) is 88.5 cm³/mol. The van der Waals surface area contributed by atoms with Gasteiger partial charge in [0, 0.05) is 6.04 Å². The van der Waals surface area contributed by atoms with Gasteiger partial charge in [0.15, 0.2) is 0 Å². The molecule has 1 aromatic carbocycles. The molecule has 1 fully saturated rings. The Morgan fingerprint density at radius 1 is 1.17 bits per heavy atom. The van der Waals surface area contributed by atoms with E-state index in [4.69, 9.17) is 28.9 Å². The van der Waals surface area contributed by atoms with Gasteiger partial charge in [0.05, 0.1) is 10.0 Å². The average molecular weight is 374 g/mol. The Bertz CT molecular complexity index is 868. The van der Waals surface area contributed by atoms with E-state index in [9.17, 15) is 13.2 Å². The summed E-state index contributed by atoms with van der Waals surface area (Å²) in [6, 6.07) is 7.50. The highest BCUT2D eigenvalue weighted by atomic mass is 35.5. The summed E-state index contributed by atoms with van der Waals surface area (Å²) in [6.45, 7) is 0. The fourth-order valence-electron chi connectivity index (χ4n) is 2.39. The molecular weight excluding hydrogens is 361 g/mol. The fourth-order valence-corrected chi connectivity index (χ4v) is 4.59. The highest BCUT2D eigenvalue weighted by molar-refractivity contribution is 7.93. The third kappa shape index (κ3) is 3.04. The smallest absolute Gasteiger partial charge is 0.265 e. The number of aromatic nitrogens is 1. The van der Waals surface area contributed by atoms with Crippen molar-refractivity contribution in [1.29, 1.82) is 0 Å². The first kappa shape index (κ1) is 16.2. The van der Waals surface area contributed by atoms with Crippen LogP contribution < -0.4 is 10.5 Å². The zero-order valence-electron chi connectivity index (χ0n) is 11.8. The van der Waals surface area contributed by atoms with Crippen LogP contribution >= 0.6 is 23.2 Å². The van der Waals surface area contributed by atoms with Gasteiger partial charge in [-0.25, -0.2) is 8.42 Å². The third-order valence-corrected chi connectivity index (χ3v) is 5.82. The van der Waals surface area contributed by atoms with Crippen molar-refractivity contribution in [3.8, 4) is 0 Å². The molecule has 1 aliphatic carbocycles. The zero-order chi connectivity index (χ0) is 16.8. The number of rotatable bonds is 5. The van der Waals surface area contributed by atoms with Gasteiger partial charge in [0.1, 0.15) is 16.4 Å². The molecule has 1 amide bonds. The molecule has 3 rings (SSSR count). The maximum atomic E-state index is 12.6. The number of sulfonamides is 1. The van der Waals surface area contributed by atoms with E-state index in [2.05, 4.69) is 4.72 Å². The minimum atomic E-state index is -4.00. The lowest BCUT2D eigenvalue weighted by Gasteiger charge is -2.14. The topological polar surface area (TPSA) is 94.2 Å². The second-order valence-electron chi connectivity index (χ2n) is 5.23. The highest BCUT2D eigenvalue weighted by Crippen LogP contribution is 2.40. The number of primary amides is 1. The molecule has 0 spiro atoms. The standard InChI is InChI=1S/C14H13Cl2N3O3S/c15-9-2-1-3-10(16)13(9)23(21,22)18-12-7-6-11(14(17)20)19(12)8-4-5-8/h1-3,6-8,18H,4-5H2,(H2,17,20). The summed E-state index contributed by atoms with van der Waals surface area (Å²) in [4.78, 5) is 11.3. The average Bonchev–Trinajstić information content (AvgIpc) is 3.19. The fraction of sp³-hybridized carbons (Fsp3) is 0.214. The lowest BCUT2D eigenvalue weighted by molar-refractivity contribution is 0.0991. The van der Waals surface area contributed by atoms with E-state index in [1.807, 2.05) is 0 Å². The molecule has 1 saturated carbocycles. The first-order chi connectivity index (χ1) is 10.8. The van der Waals surface area contributed by atoms with Gasteiger partial charge in [0.2, 0.25) is 0 Å². The molecule has 0 unspecified atom stereocenters. The van der Waals surface area contributed by atoms with Crippen LogP contribution in [0.2, 0.25) is 10.0 Å². The summed E-state index contributed by atoms with van der Waals surface area (Å²) in [5, 5.41) is 0.0364. The van der Waals surface area contributed by atoms with Crippen molar-refractivity contribution in [3.63, 3.8) is 0 Å². The number of anilines is 1. The summed E-state index contributed by atoms with van der Waals surface area (Å²) in [5.41, 5.74) is 5.60. The number of nitrogens with one attached hydrogen (secondary N) is 1. The van der Waals surface area contributed by atoms with E-state index in [-0.39, 0.29) is 32.5 Å². The maximum Gasteiger partial charge on any atom is 0.265 e. The van der Waals surface area contributed by atoms with Crippen molar-refractivity contribution in [2.24, 2.45) is 5.73 Å². The number of nitrogens with zero attached hydrogens (tertiary/aromatic N) is 1. The Labute approximate surface area is 143 Å². The van der Waals surface area contributed by atoms with E-state index >= 15 is 0 Å². The van der Waals surface area contributed by atoms with Gasteiger partial charge < -0.3 is 10.3 Å². The van der Waals surface area contributed by atoms with Gasteiger partial charge in [-0.3, -0.25) is 9.52 Å². The molecule has 1 aliphatic rings. The van der Waals surface area contributed by atoms with Crippen molar-refractivity contribution in [2.45, 2.75) is 23.8 Å². The van der Waals surface area contributed by atoms with Crippen molar-refractivity contribution in [2.75, 3.05) is 4.72 Å². The number of carbonyl (C=O) groups excluding carboxylic acids is 1. The second kappa shape index (κ2) is 5.74. The summed E-state index contributed by atoms with van der Waals surface area (Å²) in [7, 11) is -4.00. The summed E-state index contributed by atoms with van der Waals surface area (Å²) < 4.78 is 29.3. The van der Waals surface area contributed by atoms with E-state index < -0.39 is 15.9 Å². The molecule has 0 aliphatic heterocycles. The Hall–Kier alpha value is -1.70. The number of hydrogen-bond donors (Lipinski definition) is 2. The van der Waals surface area contributed by atoms with Crippen molar-refractivity contribution in [3.05, 3.63) is 46.1 Å². The van der Waals surface area contributed by atoms with Gasteiger partial charge in [-0.15, -0.1) is 0 Å². The Kier molecular flexibility index (Phi) is 4.03. The first-order valence-electron chi connectivity index (χ1n) is 6.79. The Morgan fingerprint density at radius 3 is 2.30 bits per heavy atom. The van der Waals surface area contributed by atoms with Gasteiger partial charge >= 0.3 is 0 Å². The normalized spacial score (nSPS) is 14.7. The minimum Gasteiger partial charge on any atom is -0.364 e. The molecular formula is C14H13Cl2N3O3S. The van der Waals surface area contributed by atoms with Gasteiger partial charge in [-0.1, -0.05) is 29.3 Å². The van der Waals surface area contributed by atoms with Crippen LogP contribution in [0, 0.1) is 0 Å². The number of amides is 1. The van der Waals surface area contributed by atoms with Crippen LogP contribution in [-0.2, 0) is 10.0 Å². The van der Waals surface area contributed by atoms with E-state index in [1.165, 1.54) is 24.3 Å². The molecule has 1 heterocycles. The monoisotopic (exact) mass is 373 g/mol. The van der Waals surface area contributed by atoms with Crippen molar-refractivity contribution in [1.82, 2.24) is 4.57 Å². The van der Waals surface area contributed by atoms with Crippen molar-refractivity contribution < 1.29 is 13.2 Å². The highest BCUT2D eigenvalue weighted by Gasteiger charge is 2.31. The molecule has 23 heavy (non-hydrogen) atoms. The maximum absolute atomic E-state index is 12.6. The van der Waals surface area contributed by atoms with Gasteiger partial charge in [-0.2, -0.15) is 0 Å². The predicted octanol–water partition coefficient (Wildman–Crippen LogP) is 3.03. The lowest BCUT2D eigenvalue weighted by atomic mass is 10.4. The second-order valence-corrected chi connectivity index (χ2v) is 7.66. The van der Waals surface area contributed by atoms with Crippen LogP contribution in [0.15, 0.2) is 35.2 Å². The molecule has 2 aromatic rings. The molecule has 3 N–H and O–H groups in total. The molecule has 9 heteroatoms. The molecule has 122 valence electrons. The van der Waals surface area contributed by atoms with Crippen molar-refractivity contribution >= 4 is 45.0 Å².